The van der Waals surface area contributed by atoms with E-state index in [0.29, 0.717) is 25.3 Å². The zero-order valence-electron chi connectivity index (χ0n) is 12.3. The molecule has 6 nitrogen and oxygen atoms in total. The molecule has 0 aromatic heterocycles. The lowest BCUT2D eigenvalue weighted by Crippen LogP contribution is -2.37. The third-order valence-electron chi connectivity index (χ3n) is 4.16. The summed E-state index contributed by atoms with van der Waals surface area (Å²) in [5.74, 6) is -0.300. The molecule has 0 bridgehead atoms. The summed E-state index contributed by atoms with van der Waals surface area (Å²) in [5.41, 5.74) is 5.49. The molecule has 1 aliphatic carbocycles. The highest BCUT2D eigenvalue weighted by Gasteiger charge is 2.39. The lowest BCUT2D eigenvalue weighted by molar-refractivity contribution is 0.1000. The Morgan fingerprint density at radius 2 is 1.91 bits per heavy atom. The minimum Gasteiger partial charge on any atom is -0.381 e. The van der Waals surface area contributed by atoms with Crippen molar-refractivity contribution in [2.75, 3.05) is 19.8 Å². The number of ether oxygens (including phenoxy) is 1. The Balaban J connectivity index is 1.83. The molecule has 2 aliphatic rings. The SMILES string of the molecule is NC(=O)c1ccc(S(=O)(=O)N(C[C@@H]2CCOC2)C2CC2)cc1. The Labute approximate surface area is 130 Å². The molecule has 2 fully saturated rings. The topological polar surface area (TPSA) is 89.7 Å². The first kappa shape index (κ1) is 15.5. The number of amides is 1. The van der Waals surface area contributed by atoms with Crippen LogP contribution in [-0.2, 0) is 14.8 Å². The molecule has 0 radical (unpaired) electrons. The Morgan fingerprint density at radius 1 is 1.23 bits per heavy atom. The van der Waals surface area contributed by atoms with Crippen LogP contribution in [0.5, 0.6) is 0 Å². The highest BCUT2D eigenvalue weighted by Crippen LogP contribution is 2.33. The first-order chi connectivity index (χ1) is 10.5. The fourth-order valence-electron chi connectivity index (χ4n) is 2.71. The summed E-state index contributed by atoms with van der Waals surface area (Å²) in [6.45, 7) is 1.83. The first-order valence-corrected chi connectivity index (χ1v) is 8.92. The standard InChI is InChI=1S/C15H20N2O4S/c16-15(18)12-1-5-14(6-2-12)22(19,20)17(13-3-4-13)9-11-7-8-21-10-11/h1-2,5-6,11,13H,3-4,7-10H2,(H2,16,18)/t11-/m0/s1. The Hall–Kier alpha value is -1.44. The zero-order chi connectivity index (χ0) is 15.7. The average Bonchev–Trinajstić information content (AvgIpc) is 3.20. The van der Waals surface area contributed by atoms with Gasteiger partial charge in [0.2, 0.25) is 15.9 Å². The third-order valence-corrected chi connectivity index (χ3v) is 6.09. The molecule has 2 N–H and O–H groups in total. The molecule has 22 heavy (non-hydrogen) atoms. The van der Waals surface area contributed by atoms with E-state index in [2.05, 4.69) is 0 Å². The number of hydrogen-bond acceptors (Lipinski definition) is 4. The summed E-state index contributed by atoms with van der Waals surface area (Å²) >= 11 is 0. The van der Waals surface area contributed by atoms with E-state index in [0.717, 1.165) is 19.3 Å². The molecular formula is C15H20N2O4S. The van der Waals surface area contributed by atoms with Crippen LogP contribution in [0.3, 0.4) is 0 Å². The van der Waals surface area contributed by atoms with Gasteiger partial charge in [0.05, 0.1) is 11.5 Å². The maximum atomic E-state index is 12.9. The second kappa shape index (κ2) is 5.98. The molecule has 0 unspecified atom stereocenters. The molecule has 1 amide bonds. The number of benzene rings is 1. The van der Waals surface area contributed by atoms with Crippen molar-refractivity contribution in [2.24, 2.45) is 11.7 Å². The lowest BCUT2D eigenvalue weighted by Gasteiger charge is -2.24. The summed E-state index contributed by atoms with van der Waals surface area (Å²) in [6, 6.07) is 5.92. The first-order valence-electron chi connectivity index (χ1n) is 7.48. The minimum atomic E-state index is -3.54. The normalized spacial score (nSPS) is 22.1. The number of primary amides is 1. The molecular weight excluding hydrogens is 304 g/mol. The van der Waals surface area contributed by atoms with Crippen LogP contribution >= 0.6 is 0 Å². The predicted octanol–water partition coefficient (Wildman–Crippen LogP) is 0.975. The highest BCUT2D eigenvalue weighted by molar-refractivity contribution is 7.89. The lowest BCUT2D eigenvalue weighted by atomic mass is 10.1. The van der Waals surface area contributed by atoms with Crippen molar-refractivity contribution >= 4 is 15.9 Å². The molecule has 3 rings (SSSR count). The van der Waals surface area contributed by atoms with Gasteiger partial charge in [0.15, 0.2) is 0 Å². The third kappa shape index (κ3) is 3.16. The van der Waals surface area contributed by atoms with Crippen LogP contribution in [0.4, 0.5) is 0 Å². The van der Waals surface area contributed by atoms with Crippen molar-refractivity contribution in [2.45, 2.75) is 30.2 Å². The maximum absolute atomic E-state index is 12.9. The molecule has 1 heterocycles. The van der Waals surface area contributed by atoms with Crippen LogP contribution in [0.2, 0.25) is 0 Å². The smallest absolute Gasteiger partial charge is 0.248 e. The molecule has 7 heteroatoms. The van der Waals surface area contributed by atoms with Crippen molar-refractivity contribution in [3.05, 3.63) is 29.8 Å². The molecule has 120 valence electrons. The summed E-state index contributed by atoms with van der Waals surface area (Å²) in [5, 5.41) is 0. The van der Waals surface area contributed by atoms with Crippen molar-refractivity contribution in [3.8, 4) is 0 Å². The second-order valence-corrected chi connectivity index (χ2v) is 7.81. The number of nitrogens with two attached hydrogens (primary N) is 1. The van der Waals surface area contributed by atoms with Gasteiger partial charge in [0.25, 0.3) is 0 Å². The van der Waals surface area contributed by atoms with E-state index in [1.165, 1.54) is 24.3 Å². The van der Waals surface area contributed by atoms with E-state index in [1.54, 1.807) is 4.31 Å². The summed E-state index contributed by atoms with van der Waals surface area (Å²) in [4.78, 5) is 11.3. The summed E-state index contributed by atoms with van der Waals surface area (Å²) < 4.78 is 32.7. The van der Waals surface area contributed by atoms with Gasteiger partial charge >= 0.3 is 0 Å². The van der Waals surface area contributed by atoms with Crippen LogP contribution in [0.25, 0.3) is 0 Å². The van der Waals surface area contributed by atoms with Crippen LogP contribution in [-0.4, -0.2) is 44.4 Å². The van der Waals surface area contributed by atoms with Gasteiger partial charge < -0.3 is 10.5 Å². The van der Waals surface area contributed by atoms with Crippen molar-refractivity contribution in [3.63, 3.8) is 0 Å². The van der Waals surface area contributed by atoms with Gasteiger partial charge in [0.1, 0.15) is 0 Å². The summed E-state index contributed by atoms with van der Waals surface area (Å²) in [7, 11) is -3.54. The van der Waals surface area contributed by atoms with E-state index in [-0.39, 0.29) is 16.9 Å². The number of nitrogens with zero attached hydrogens (tertiary/aromatic N) is 1. The summed E-state index contributed by atoms with van der Waals surface area (Å²) in [6.07, 6.45) is 2.72. The van der Waals surface area contributed by atoms with E-state index >= 15 is 0 Å². The number of rotatable bonds is 6. The Morgan fingerprint density at radius 3 is 2.41 bits per heavy atom. The van der Waals surface area contributed by atoms with E-state index in [9.17, 15) is 13.2 Å². The van der Waals surface area contributed by atoms with Gasteiger partial charge in [-0.3, -0.25) is 4.79 Å². The fraction of sp³-hybridized carbons (Fsp3) is 0.533. The van der Waals surface area contributed by atoms with Crippen LogP contribution in [0.1, 0.15) is 29.6 Å². The number of carbonyl (C=O) groups is 1. The van der Waals surface area contributed by atoms with E-state index in [4.69, 9.17) is 10.5 Å². The van der Waals surface area contributed by atoms with Crippen molar-refractivity contribution in [1.82, 2.24) is 4.31 Å². The molecule has 1 aliphatic heterocycles. The highest BCUT2D eigenvalue weighted by atomic mass is 32.2. The number of sulfonamides is 1. The minimum absolute atomic E-state index is 0.0985. The largest absolute Gasteiger partial charge is 0.381 e. The van der Waals surface area contributed by atoms with Gasteiger partial charge in [-0.05, 0) is 49.4 Å². The molecule has 1 atom stereocenters. The van der Waals surface area contributed by atoms with E-state index in [1.807, 2.05) is 0 Å². The maximum Gasteiger partial charge on any atom is 0.248 e. The fourth-order valence-corrected chi connectivity index (χ4v) is 4.48. The molecule has 1 saturated heterocycles. The van der Waals surface area contributed by atoms with Gasteiger partial charge in [0, 0.05) is 24.8 Å². The van der Waals surface area contributed by atoms with Crippen LogP contribution in [0, 0.1) is 5.92 Å². The second-order valence-electron chi connectivity index (χ2n) is 5.92. The number of carbonyl (C=O) groups excluding carboxylic acids is 1. The predicted molar refractivity (Wildman–Crippen MR) is 80.8 cm³/mol. The molecule has 1 aromatic carbocycles. The van der Waals surface area contributed by atoms with Crippen LogP contribution in [0.15, 0.2) is 29.2 Å². The monoisotopic (exact) mass is 324 g/mol. The quantitative estimate of drug-likeness (QED) is 0.844. The molecule has 1 saturated carbocycles. The van der Waals surface area contributed by atoms with Gasteiger partial charge in [-0.25, -0.2) is 8.42 Å². The molecule has 0 spiro atoms. The van der Waals surface area contributed by atoms with Crippen LogP contribution < -0.4 is 5.73 Å². The van der Waals surface area contributed by atoms with Crippen molar-refractivity contribution < 1.29 is 17.9 Å². The van der Waals surface area contributed by atoms with E-state index < -0.39 is 15.9 Å². The Bertz CT molecular complexity index is 647. The van der Waals surface area contributed by atoms with Gasteiger partial charge in [-0.2, -0.15) is 4.31 Å². The average molecular weight is 324 g/mol. The van der Waals surface area contributed by atoms with Gasteiger partial charge in [-0.15, -0.1) is 0 Å². The molecule has 1 aromatic rings. The zero-order valence-corrected chi connectivity index (χ0v) is 13.1. The Kier molecular flexibility index (Phi) is 4.20. The van der Waals surface area contributed by atoms with Crippen molar-refractivity contribution in [1.29, 1.82) is 0 Å². The van der Waals surface area contributed by atoms with Gasteiger partial charge in [-0.1, -0.05) is 0 Å². The number of hydrogen-bond donors (Lipinski definition) is 1.